The van der Waals surface area contributed by atoms with Gasteiger partial charge < -0.3 is 46.4 Å². The lowest BCUT2D eigenvalue weighted by Crippen LogP contribution is -2.42. The number of unbranched alkanes of at least 4 members (excludes halogenated alkanes) is 3. The van der Waals surface area contributed by atoms with Gasteiger partial charge in [0.15, 0.2) is 5.60 Å². The van der Waals surface area contributed by atoms with Crippen molar-refractivity contribution in [2.75, 3.05) is 36.0 Å². The second-order valence-electron chi connectivity index (χ2n) is 17.7. The van der Waals surface area contributed by atoms with Crippen LogP contribution in [0.2, 0.25) is 0 Å². The van der Waals surface area contributed by atoms with Gasteiger partial charge in [-0.2, -0.15) is 0 Å². The SMILES string of the molecule is CCN(C(=O)Cn1c(C(=O)NC2CCC(C(=O)NCCCCCCNC(=O)c3ccc4c(c3)C3(OC4=O)c4ccc(N)cc4Oc4cc(N)ccc43)CC2)cc2sccc21)c1cccc(C)c1. The zero-order chi connectivity index (χ0) is 46.8. The molecule has 2 aliphatic heterocycles. The molecule has 67 heavy (non-hydrogen) atoms. The van der Waals surface area contributed by atoms with E-state index in [0.717, 1.165) is 47.2 Å². The first-order chi connectivity index (χ1) is 32.4. The molecule has 4 heterocycles. The highest BCUT2D eigenvalue weighted by Crippen LogP contribution is 2.56. The Morgan fingerprint density at radius 3 is 2.18 bits per heavy atom. The summed E-state index contributed by atoms with van der Waals surface area (Å²) in [5.41, 5.74) is 17.5. The number of hydrogen-bond acceptors (Lipinski definition) is 10. The first-order valence-electron chi connectivity index (χ1n) is 23.1. The van der Waals surface area contributed by atoms with Gasteiger partial charge in [-0.1, -0.05) is 25.0 Å². The Kier molecular flexibility index (Phi) is 12.8. The first-order valence-corrected chi connectivity index (χ1v) is 24.0. The first kappa shape index (κ1) is 45.0. The van der Waals surface area contributed by atoms with E-state index < -0.39 is 11.6 Å². The van der Waals surface area contributed by atoms with E-state index in [9.17, 15) is 24.0 Å². The molecule has 1 fully saturated rings. The predicted octanol–water partition coefficient (Wildman–Crippen LogP) is 8.19. The molecule has 0 radical (unpaired) electrons. The third-order valence-electron chi connectivity index (χ3n) is 13.2. The van der Waals surface area contributed by atoms with E-state index in [-0.39, 0.29) is 42.1 Å². The number of nitrogens with zero attached hydrogens (tertiary/aromatic N) is 2. The summed E-state index contributed by atoms with van der Waals surface area (Å²) in [5, 5.41) is 11.3. The number of benzene rings is 4. The van der Waals surface area contributed by atoms with Crippen molar-refractivity contribution in [1.29, 1.82) is 0 Å². The number of thiophene rings is 1. The van der Waals surface area contributed by atoms with Gasteiger partial charge in [-0.3, -0.25) is 19.2 Å². The van der Waals surface area contributed by atoms with Gasteiger partial charge in [0.25, 0.3) is 11.8 Å². The number of hydrogen-bond donors (Lipinski definition) is 5. The number of aromatic nitrogens is 1. The average molecular weight is 922 g/mol. The van der Waals surface area contributed by atoms with E-state index in [1.807, 2.05) is 60.2 Å². The van der Waals surface area contributed by atoms with Crippen LogP contribution in [0.25, 0.3) is 10.2 Å². The van der Waals surface area contributed by atoms with Gasteiger partial charge in [0.1, 0.15) is 23.7 Å². The summed E-state index contributed by atoms with van der Waals surface area (Å²) < 4.78 is 15.2. The fraction of sp³-hybridized carbons (Fsp3) is 0.327. The van der Waals surface area contributed by atoms with Crippen LogP contribution in [0.5, 0.6) is 11.5 Å². The quantitative estimate of drug-likeness (QED) is 0.0383. The average Bonchev–Trinajstić information content (AvgIpc) is 4.00. The number of rotatable bonds is 15. The predicted molar refractivity (Wildman–Crippen MR) is 260 cm³/mol. The highest BCUT2D eigenvalue weighted by atomic mass is 32.1. The Morgan fingerprint density at radius 1 is 0.791 bits per heavy atom. The topological polar surface area (TPSA) is 200 Å². The van der Waals surface area contributed by atoms with Gasteiger partial charge in [-0.25, -0.2) is 4.79 Å². The number of nitrogen functional groups attached to an aromatic ring is 2. The van der Waals surface area contributed by atoms with E-state index in [2.05, 4.69) is 16.0 Å². The van der Waals surface area contributed by atoms with E-state index in [0.29, 0.717) is 102 Å². The number of carbonyl (C=O) groups excluding carboxylic acids is 5. The Morgan fingerprint density at radius 2 is 1.49 bits per heavy atom. The maximum absolute atomic E-state index is 13.7. The van der Waals surface area contributed by atoms with Crippen molar-refractivity contribution >= 4 is 68.2 Å². The summed E-state index contributed by atoms with van der Waals surface area (Å²) in [6.07, 6.45) is 6.09. The molecule has 3 aliphatic rings. The molecule has 346 valence electrons. The van der Waals surface area contributed by atoms with Crippen molar-refractivity contribution < 1.29 is 33.4 Å². The maximum atomic E-state index is 13.7. The third-order valence-corrected chi connectivity index (χ3v) is 14.1. The molecule has 7 N–H and O–H groups in total. The van der Waals surface area contributed by atoms with Crippen LogP contribution < -0.4 is 37.1 Å². The Balaban J connectivity index is 0.710. The molecule has 2 aromatic heterocycles. The van der Waals surface area contributed by atoms with Gasteiger partial charge in [-0.05, 0) is 130 Å². The Hall–Kier alpha value is -7.13. The standard InChI is InChI=1S/C52H55N7O7S/c1-3-58(37-10-8-9-31(2)25-37)47(60)30-59-42-21-24-67-46(42)29-43(59)50(63)57-36-16-11-32(12-17-36)48(61)55-22-6-4-5-7-23-56-49(62)33-13-18-38-41(26-33)52(66-51(38)64)39-19-14-34(53)27-44(39)65-45-28-35(54)15-20-40(45)52/h8-10,13-15,18-21,24-29,32,36H,3-7,11-12,16-17,22-23,30,53-54H2,1-2H3,(H,55,61)(H,56,62)(H,57,63). The maximum Gasteiger partial charge on any atom is 0.340 e. The van der Waals surface area contributed by atoms with E-state index in [1.165, 1.54) is 0 Å². The van der Waals surface area contributed by atoms with Crippen molar-refractivity contribution in [3.8, 4) is 11.5 Å². The minimum Gasteiger partial charge on any atom is -0.456 e. The lowest BCUT2D eigenvalue weighted by molar-refractivity contribution is -0.126. The van der Waals surface area contributed by atoms with Crippen molar-refractivity contribution in [3.05, 3.63) is 135 Å². The minimum atomic E-state index is -1.35. The van der Waals surface area contributed by atoms with Gasteiger partial charge in [-0.15, -0.1) is 11.3 Å². The second kappa shape index (κ2) is 19.0. The fourth-order valence-corrected chi connectivity index (χ4v) is 10.6. The molecule has 4 aromatic carbocycles. The van der Waals surface area contributed by atoms with Gasteiger partial charge in [0.2, 0.25) is 11.8 Å². The minimum absolute atomic E-state index is 0.0444. The van der Waals surface area contributed by atoms with Crippen LogP contribution in [-0.4, -0.2) is 59.8 Å². The number of ether oxygens (including phenoxy) is 2. The molecule has 0 unspecified atom stereocenters. The molecule has 4 amide bonds. The summed E-state index contributed by atoms with van der Waals surface area (Å²) in [6.45, 7) is 5.54. The molecule has 1 spiro atoms. The van der Waals surface area contributed by atoms with E-state index in [4.69, 9.17) is 20.9 Å². The number of nitrogens with two attached hydrogens (primary N) is 2. The molecule has 1 saturated carbocycles. The number of esters is 1. The fourth-order valence-electron chi connectivity index (χ4n) is 9.77. The van der Waals surface area contributed by atoms with Crippen LogP contribution in [0.15, 0.2) is 96.4 Å². The molecular weight excluding hydrogens is 867 g/mol. The lowest BCUT2D eigenvalue weighted by Gasteiger charge is -2.36. The molecular formula is C52H55N7O7S. The van der Waals surface area contributed by atoms with Crippen molar-refractivity contribution in [2.24, 2.45) is 5.92 Å². The molecule has 14 nitrogen and oxygen atoms in total. The molecule has 15 heteroatoms. The Bertz CT molecular complexity index is 2840. The molecule has 9 rings (SSSR count). The van der Waals surface area contributed by atoms with Crippen LogP contribution in [0.4, 0.5) is 17.1 Å². The zero-order valence-corrected chi connectivity index (χ0v) is 38.5. The number of carbonyl (C=O) groups is 5. The number of nitrogens with one attached hydrogen (secondary N) is 3. The van der Waals surface area contributed by atoms with Crippen LogP contribution >= 0.6 is 11.3 Å². The summed E-state index contributed by atoms with van der Waals surface area (Å²) in [7, 11) is 0. The Labute approximate surface area is 393 Å². The van der Waals surface area contributed by atoms with Gasteiger partial charge in [0.05, 0.1) is 15.8 Å². The van der Waals surface area contributed by atoms with Crippen LogP contribution in [0.3, 0.4) is 0 Å². The third kappa shape index (κ3) is 8.95. The zero-order valence-electron chi connectivity index (χ0n) is 37.7. The van der Waals surface area contributed by atoms with Crippen molar-refractivity contribution in [3.63, 3.8) is 0 Å². The second-order valence-corrected chi connectivity index (χ2v) is 18.6. The van der Waals surface area contributed by atoms with Gasteiger partial charge >= 0.3 is 5.97 Å². The van der Waals surface area contributed by atoms with Crippen LogP contribution in [-0.2, 0) is 26.5 Å². The number of aryl methyl sites for hydroxylation is 1. The summed E-state index contributed by atoms with van der Waals surface area (Å²) >= 11 is 1.54. The summed E-state index contributed by atoms with van der Waals surface area (Å²) in [4.78, 5) is 69.0. The molecule has 0 bridgehead atoms. The lowest BCUT2D eigenvalue weighted by atomic mass is 9.77. The van der Waals surface area contributed by atoms with Gasteiger partial charge in [0, 0.05) is 83.0 Å². The number of anilines is 3. The number of likely N-dealkylation sites (N-methyl/N-ethyl adjacent to an activating group) is 1. The van der Waals surface area contributed by atoms with E-state index in [1.54, 1.807) is 70.8 Å². The van der Waals surface area contributed by atoms with Crippen LogP contribution in [0, 0.1) is 12.8 Å². The largest absolute Gasteiger partial charge is 0.456 e. The molecule has 1 aliphatic carbocycles. The smallest absolute Gasteiger partial charge is 0.340 e. The molecule has 0 atom stereocenters. The highest BCUT2D eigenvalue weighted by molar-refractivity contribution is 7.17. The van der Waals surface area contributed by atoms with Crippen molar-refractivity contribution in [2.45, 2.75) is 83.4 Å². The normalized spacial score (nSPS) is 16.6. The number of fused-ring (bicyclic) bond motifs is 7. The van der Waals surface area contributed by atoms with Crippen molar-refractivity contribution in [1.82, 2.24) is 20.5 Å². The van der Waals surface area contributed by atoms with E-state index >= 15 is 0 Å². The number of amides is 4. The molecule has 6 aromatic rings. The summed E-state index contributed by atoms with van der Waals surface area (Å²) in [6, 6.07) is 27.0. The van der Waals surface area contributed by atoms with Crippen LogP contribution in [0.1, 0.15) is 112 Å². The highest BCUT2D eigenvalue weighted by Gasteiger charge is 2.54. The molecule has 0 saturated heterocycles. The monoisotopic (exact) mass is 921 g/mol. The summed E-state index contributed by atoms with van der Waals surface area (Å²) in [5.74, 6) is -0.260.